The second-order valence-corrected chi connectivity index (χ2v) is 5.11. The molecule has 1 aliphatic heterocycles. The van der Waals surface area contributed by atoms with Crippen LogP contribution in [0.15, 0.2) is 59.7 Å². The molecule has 0 saturated heterocycles. The number of pyridine rings is 1. The Labute approximate surface area is 122 Å². The molecule has 2 aromatic carbocycles. The molecule has 102 valence electrons. The summed E-state index contributed by atoms with van der Waals surface area (Å²) < 4.78 is 0. The van der Waals surface area contributed by atoms with Gasteiger partial charge in [-0.15, -0.1) is 0 Å². The van der Waals surface area contributed by atoms with E-state index in [4.69, 9.17) is 0 Å². The van der Waals surface area contributed by atoms with Crippen LogP contribution in [0.4, 0.5) is 11.4 Å². The van der Waals surface area contributed by atoms with Gasteiger partial charge in [0.05, 0.1) is 17.4 Å². The van der Waals surface area contributed by atoms with Crippen molar-refractivity contribution in [2.24, 2.45) is 4.99 Å². The molecule has 1 aromatic heterocycles. The number of amidine groups is 1. The van der Waals surface area contributed by atoms with E-state index in [-0.39, 0.29) is 0 Å². The molecule has 2 heterocycles. The van der Waals surface area contributed by atoms with Crippen molar-refractivity contribution in [3.05, 3.63) is 65.9 Å². The summed E-state index contributed by atoms with van der Waals surface area (Å²) in [6, 6.07) is 16.3. The zero-order valence-electron chi connectivity index (χ0n) is 11.6. The number of anilines is 1. The van der Waals surface area contributed by atoms with Crippen LogP contribution in [0.2, 0.25) is 0 Å². The van der Waals surface area contributed by atoms with Gasteiger partial charge in [-0.05, 0) is 13.0 Å². The zero-order valence-corrected chi connectivity index (χ0v) is 11.6. The van der Waals surface area contributed by atoms with E-state index in [0.29, 0.717) is 0 Å². The molecule has 0 bridgehead atoms. The number of aliphatic imine (C=N–C) groups is 1. The van der Waals surface area contributed by atoms with Crippen LogP contribution in [0.3, 0.4) is 0 Å². The first kappa shape index (κ1) is 11.9. The van der Waals surface area contributed by atoms with Crippen molar-refractivity contribution < 1.29 is 0 Å². The van der Waals surface area contributed by atoms with Crippen molar-refractivity contribution in [2.45, 2.75) is 6.92 Å². The highest BCUT2D eigenvalue weighted by Gasteiger charge is 2.15. The number of hydrazine groups is 1. The van der Waals surface area contributed by atoms with Crippen LogP contribution in [0.1, 0.15) is 11.1 Å². The lowest BCUT2D eigenvalue weighted by Gasteiger charge is -2.20. The number of benzene rings is 2. The summed E-state index contributed by atoms with van der Waals surface area (Å²) in [4.78, 5) is 9.14. The highest BCUT2D eigenvalue weighted by molar-refractivity contribution is 6.07. The maximum absolute atomic E-state index is 4.68. The third kappa shape index (κ3) is 2.01. The highest BCUT2D eigenvalue weighted by Crippen LogP contribution is 2.33. The van der Waals surface area contributed by atoms with E-state index in [1.54, 1.807) is 6.20 Å². The average molecular weight is 274 g/mol. The van der Waals surface area contributed by atoms with Gasteiger partial charge < -0.3 is 0 Å². The van der Waals surface area contributed by atoms with Crippen LogP contribution in [0, 0.1) is 6.92 Å². The van der Waals surface area contributed by atoms with Crippen LogP contribution in [-0.2, 0) is 0 Å². The largest absolute Gasteiger partial charge is 0.297 e. The molecule has 3 aromatic rings. The van der Waals surface area contributed by atoms with Crippen LogP contribution < -0.4 is 10.9 Å². The van der Waals surface area contributed by atoms with E-state index in [9.17, 15) is 0 Å². The quantitative estimate of drug-likeness (QED) is 0.713. The summed E-state index contributed by atoms with van der Waals surface area (Å²) in [5.74, 6) is 0.805. The minimum absolute atomic E-state index is 0.805. The standard InChI is InChI=1S/C17H14N4/c1-11-6-8-12(9-7-11)17-19-15-10-18-14-5-3-2-4-13(14)16(15)20-21-17/h2-10,20H,1H3,(H,19,21). The fourth-order valence-electron chi connectivity index (χ4n) is 2.47. The van der Waals surface area contributed by atoms with Crippen molar-refractivity contribution >= 4 is 28.1 Å². The fraction of sp³-hybridized carbons (Fsp3) is 0.0588. The Morgan fingerprint density at radius 1 is 0.905 bits per heavy atom. The molecule has 21 heavy (non-hydrogen) atoms. The van der Waals surface area contributed by atoms with Gasteiger partial charge in [-0.25, -0.2) is 4.99 Å². The predicted octanol–water partition coefficient (Wildman–Crippen LogP) is 3.55. The van der Waals surface area contributed by atoms with E-state index >= 15 is 0 Å². The minimum atomic E-state index is 0.805. The van der Waals surface area contributed by atoms with Crippen molar-refractivity contribution in [2.75, 3.05) is 5.43 Å². The van der Waals surface area contributed by atoms with Crippen LogP contribution in [0.5, 0.6) is 0 Å². The van der Waals surface area contributed by atoms with Gasteiger partial charge in [-0.3, -0.25) is 15.8 Å². The molecule has 0 atom stereocenters. The van der Waals surface area contributed by atoms with Gasteiger partial charge in [-0.2, -0.15) is 0 Å². The van der Waals surface area contributed by atoms with E-state index in [0.717, 1.165) is 33.7 Å². The van der Waals surface area contributed by atoms with E-state index < -0.39 is 0 Å². The number of aromatic nitrogens is 1. The topological polar surface area (TPSA) is 49.3 Å². The van der Waals surface area contributed by atoms with Gasteiger partial charge >= 0.3 is 0 Å². The molecule has 2 N–H and O–H groups in total. The van der Waals surface area contributed by atoms with Crippen molar-refractivity contribution in [1.82, 2.24) is 10.4 Å². The Balaban J connectivity index is 1.84. The Bertz CT molecular complexity index is 850. The van der Waals surface area contributed by atoms with Gasteiger partial charge in [-0.1, -0.05) is 48.0 Å². The van der Waals surface area contributed by atoms with Gasteiger partial charge in [0.1, 0.15) is 5.69 Å². The van der Waals surface area contributed by atoms with Crippen molar-refractivity contribution in [1.29, 1.82) is 0 Å². The molecule has 0 aliphatic carbocycles. The number of fused-ring (bicyclic) bond motifs is 3. The monoisotopic (exact) mass is 274 g/mol. The third-order valence-corrected chi connectivity index (χ3v) is 3.62. The lowest BCUT2D eigenvalue weighted by molar-refractivity contribution is 1.09. The molecular formula is C17H14N4. The first-order valence-corrected chi connectivity index (χ1v) is 6.87. The minimum Gasteiger partial charge on any atom is -0.297 e. The smallest absolute Gasteiger partial charge is 0.152 e. The summed E-state index contributed by atoms with van der Waals surface area (Å²) in [6.07, 6.45) is 1.81. The molecule has 4 nitrogen and oxygen atoms in total. The number of rotatable bonds is 1. The van der Waals surface area contributed by atoms with Gasteiger partial charge in [0.15, 0.2) is 5.84 Å². The van der Waals surface area contributed by atoms with Crippen LogP contribution in [-0.4, -0.2) is 10.8 Å². The molecule has 4 heteroatoms. The zero-order chi connectivity index (χ0) is 14.2. The maximum Gasteiger partial charge on any atom is 0.152 e. The van der Waals surface area contributed by atoms with Gasteiger partial charge in [0, 0.05) is 10.9 Å². The maximum atomic E-state index is 4.68. The first-order valence-electron chi connectivity index (χ1n) is 6.87. The molecule has 0 saturated carbocycles. The lowest BCUT2D eigenvalue weighted by Crippen LogP contribution is -2.32. The fourth-order valence-corrected chi connectivity index (χ4v) is 2.47. The summed E-state index contributed by atoms with van der Waals surface area (Å²) in [5, 5.41) is 1.06. The summed E-state index contributed by atoms with van der Waals surface area (Å²) in [5.41, 5.74) is 11.5. The summed E-state index contributed by atoms with van der Waals surface area (Å²) in [6.45, 7) is 2.07. The number of nitrogens with zero attached hydrogens (tertiary/aromatic N) is 2. The average Bonchev–Trinajstić information content (AvgIpc) is 2.55. The molecular weight excluding hydrogens is 260 g/mol. The Morgan fingerprint density at radius 3 is 2.57 bits per heavy atom. The molecule has 0 radical (unpaired) electrons. The lowest BCUT2D eigenvalue weighted by atomic mass is 10.1. The highest BCUT2D eigenvalue weighted by atomic mass is 15.4. The van der Waals surface area contributed by atoms with Gasteiger partial charge in [0.2, 0.25) is 0 Å². The van der Waals surface area contributed by atoms with E-state index in [2.05, 4.69) is 52.0 Å². The third-order valence-electron chi connectivity index (χ3n) is 3.62. The molecule has 0 unspecified atom stereocenters. The number of para-hydroxylation sites is 1. The van der Waals surface area contributed by atoms with E-state index in [1.807, 2.05) is 24.3 Å². The predicted molar refractivity (Wildman–Crippen MR) is 85.9 cm³/mol. The Kier molecular flexibility index (Phi) is 2.60. The normalized spacial score (nSPS) is 13.1. The van der Waals surface area contributed by atoms with Crippen LogP contribution >= 0.6 is 0 Å². The number of nitrogens with one attached hydrogen (secondary N) is 2. The Morgan fingerprint density at radius 2 is 1.71 bits per heavy atom. The van der Waals surface area contributed by atoms with Crippen molar-refractivity contribution in [3.63, 3.8) is 0 Å². The van der Waals surface area contributed by atoms with Crippen LogP contribution in [0.25, 0.3) is 10.9 Å². The molecule has 4 rings (SSSR count). The second-order valence-electron chi connectivity index (χ2n) is 5.11. The molecule has 1 aliphatic rings. The molecule has 0 fully saturated rings. The first-order chi connectivity index (χ1) is 10.3. The number of hydrogen-bond acceptors (Lipinski definition) is 4. The summed E-state index contributed by atoms with van der Waals surface area (Å²) >= 11 is 0. The summed E-state index contributed by atoms with van der Waals surface area (Å²) in [7, 11) is 0. The Hall–Kier alpha value is -2.88. The van der Waals surface area contributed by atoms with Crippen molar-refractivity contribution in [3.8, 4) is 0 Å². The van der Waals surface area contributed by atoms with Gasteiger partial charge in [0.25, 0.3) is 0 Å². The second kappa shape index (κ2) is 4.59. The molecule has 0 spiro atoms. The number of hydrogen-bond donors (Lipinski definition) is 2. The number of aryl methyl sites for hydroxylation is 1. The van der Waals surface area contributed by atoms with E-state index in [1.165, 1.54) is 5.56 Å². The SMILES string of the molecule is Cc1ccc(C2=Nc3cnc4ccccc4c3NN2)cc1. The molecule has 0 amide bonds.